The maximum absolute atomic E-state index is 13.1. The number of aryl methyl sites for hydroxylation is 1. The first-order valence-electron chi connectivity index (χ1n) is 9.28. The molecule has 0 radical (unpaired) electrons. The van der Waals surface area contributed by atoms with Gasteiger partial charge in [0.15, 0.2) is 0 Å². The Morgan fingerprint density at radius 2 is 2.00 bits per heavy atom. The summed E-state index contributed by atoms with van der Waals surface area (Å²) in [5.74, 6) is 0.679. The normalized spacial score (nSPS) is 13.6. The number of anilines is 2. The van der Waals surface area contributed by atoms with Crippen molar-refractivity contribution in [1.29, 1.82) is 5.26 Å². The predicted octanol–water partition coefficient (Wildman–Crippen LogP) is 4.89. The van der Waals surface area contributed by atoms with Crippen molar-refractivity contribution in [2.24, 2.45) is 7.05 Å². The molecule has 29 heavy (non-hydrogen) atoms. The van der Waals surface area contributed by atoms with E-state index in [-0.39, 0.29) is 18.3 Å². The lowest BCUT2D eigenvalue weighted by atomic mass is 10.1. The molecule has 0 atom stereocenters. The van der Waals surface area contributed by atoms with E-state index in [4.69, 9.17) is 16.9 Å². The standard InChI is InChI=1S/C21H20ClN5O.ClH/c1-26-10-7-16-19(26)17(21(28)27-8-3-2-4-9-27)13-24-20(16)25-15-6-5-14(12-23)18(22)11-15;/h5-7,10-11,13H,2-4,8-9H2,1H3,(H,24,25);1H. The van der Waals surface area contributed by atoms with E-state index in [1.165, 1.54) is 6.42 Å². The first-order chi connectivity index (χ1) is 13.6. The first kappa shape index (κ1) is 21.0. The number of hydrogen-bond donors (Lipinski definition) is 1. The Morgan fingerprint density at radius 3 is 2.69 bits per heavy atom. The lowest BCUT2D eigenvalue weighted by molar-refractivity contribution is 0.0725. The number of fused-ring (bicyclic) bond motifs is 1. The molecular weight excluding hydrogens is 409 g/mol. The van der Waals surface area contributed by atoms with Crippen LogP contribution < -0.4 is 5.32 Å². The van der Waals surface area contributed by atoms with E-state index in [0.717, 1.165) is 42.5 Å². The summed E-state index contributed by atoms with van der Waals surface area (Å²) in [6, 6.07) is 9.15. The van der Waals surface area contributed by atoms with E-state index in [0.29, 0.717) is 22.0 Å². The number of nitriles is 1. The molecule has 4 rings (SSSR count). The minimum atomic E-state index is 0. The number of likely N-dealkylation sites (tertiary alicyclic amines) is 1. The predicted molar refractivity (Wildman–Crippen MR) is 117 cm³/mol. The highest BCUT2D eigenvalue weighted by Crippen LogP contribution is 2.30. The smallest absolute Gasteiger partial charge is 0.257 e. The Balaban J connectivity index is 0.00000240. The maximum Gasteiger partial charge on any atom is 0.257 e. The van der Waals surface area contributed by atoms with Crippen molar-refractivity contribution >= 4 is 52.3 Å². The van der Waals surface area contributed by atoms with Crippen LogP contribution in [-0.2, 0) is 7.05 Å². The summed E-state index contributed by atoms with van der Waals surface area (Å²) in [6.45, 7) is 1.60. The number of benzene rings is 1. The number of carbonyl (C=O) groups is 1. The second kappa shape index (κ2) is 8.73. The van der Waals surface area contributed by atoms with Gasteiger partial charge < -0.3 is 14.8 Å². The van der Waals surface area contributed by atoms with Crippen molar-refractivity contribution in [3.05, 3.63) is 52.8 Å². The molecule has 1 fully saturated rings. The van der Waals surface area contributed by atoms with E-state index in [1.807, 2.05) is 34.8 Å². The number of rotatable bonds is 3. The molecule has 0 unspecified atom stereocenters. The van der Waals surface area contributed by atoms with Crippen molar-refractivity contribution in [3.8, 4) is 6.07 Å². The quantitative estimate of drug-likeness (QED) is 0.642. The molecule has 1 saturated heterocycles. The Labute approximate surface area is 180 Å². The highest BCUT2D eigenvalue weighted by atomic mass is 35.5. The molecule has 0 bridgehead atoms. The van der Waals surface area contributed by atoms with Gasteiger partial charge in [-0.1, -0.05) is 11.6 Å². The molecule has 8 heteroatoms. The Morgan fingerprint density at radius 1 is 1.24 bits per heavy atom. The van der Waals surface area contributed by atoms with Crippen LogP contribution in [-0.4, -0.2) is 33.4 Å². The molecule has 1 aromatic carbocycles. The molecule has 3 aromatic rings. The van der Waals surface area contributed by atoms with Crippen LogP contribution in [0.25, 0.3) is 10.9 Å². The number of nitrogens with one attached hydrogen (secondary N) is 1. The molecule has 1 amide bonds. The molecule has 2 aromatic heterocycles. The monoisotopic (exact) mass is 429 g/mol. The third kappa shape index (κ3) is 4.02. The zero-order valence-corrected chi connectivity index (χ0v) is 17.6. The van der Waals surface area contributed by atoms with Crippen molar-refractivity contribution in [3.63, 3.8) is 0 Å². The van der Waals surface area contributed by atoms with Gasteiger partial charge in [-0.3, -0.25) is 4.79 Å². The van der Waals surface area contributed by atoms with Crippen molar-refractivity contribution in [1.82, 2.24) is 14.5 Å². The Bertz CT molecular complexity index is 1100. The number of amides is 1. The molecular formula is C21H21Cl2N5O. The summed E-state index contributed by atoms with van der Waals surface area (Å²) in [5, 5.41) is 13.5. The van der Waals surface area contributed by atoms with Gasteiger partial charge in [0, 0.05) is 43.6 Å². The highest BCUT2D eigenvalue weighted by molar-refractivity contribution is 6.32. The number of carbonyl (C=O) groups excluding carboxylic acids is 1. The topological polar surface area (TPSA) is 74.0 Å². The zero-order chi connectivity index (χ0) is 19.7. The molecule has 150 valence electrons. The van der Waals surface area contributed by atoms with Crippen LogP contribution >= 0.6 is 24.0 Å². The van der Waals surface area contributed by atoms with Gasteiger partial charge in [-0.15, -0.1) is 12.4 Å². The van der Waals surface area contributed by atoms with Gasteiger partial charge in [-0.05, 0) is 43.5 Å². The van der Waals surface area contributed by atoms with Gasteiger partial charge >= 0.3 is 0 Å². The minimum absolute atomic E-state index is 0. The van der Waals surface area contributed by atoms with Gasteiger partial charge in [0.1, 0.15) is 11.9 Å². The highest BCUT2D eigenvalue weighted by Gasteiger charge is 2.23. The van der Waals surface area contributed by atoms with E-state index >= 15 is 0 Å². The van der Waals surface area contributed by atoms with Crippen molar-refractivity contribution in [2.45, 2.75) is 19.3 Å². The third-order valence-corrected chi connectivity index (χ3v) is 5.44. The van der Waals surface area contributed by atoms with Gasteiger partial charge in [0.25, 0.3) is 5.91 Å². The molecule has 0 saturated carbocycles. The van der Waals surface area contributed by atoms with Crippen LogP contribution in [0.5, 0.6) is 0 Å². The number of halogens is 2. The van der Waals surface area contributed by atoms with E-state index < -0.39 is 0 Å². The number of aromatic nitrogens is 2. The second-order valence-corrected chi connectivity index (χ2v) is 7.40. The Hall–Kier alpha value is -2.75. The van der Waals surface area contributed by atoms with Gasteiger partial charge in [0.05, 0.1) is 21.7 Å². The first-order valence-corrected chi connectivity index (χ1v) is 9.66. The molecule has 1 aliphatic heterocycles. The molecule has 0 spiro atoms. The van der Waals surface area contributed by atoms with Gasteiger partial charge in [-0.2, -0.15) is 5.26 Å². The second-order valence-electron chi connectivity index (χ2n) is 6.99. The molecule has 0 aliphatic carbocycles. The summed E-state index contributed by atoms with van der Waals surface area (Å²) in [6.07, 6.45) is 6.85. The van der Waals surface area contributed by atoms with Gasteiger partial charge in [-0.25, -0.2) is 4.98 Å². The van der Waals surface area contributed by atoms with Gasteiger partial charge in [0.2, 0.25) is 0 Å². The van der Waals surface area contributed by atoms with Crippen LogP contribution in [0.15, 0.2) is 36.7 Å². The molecule has 1 N–H and O–H groups in total. The zero-order valence-electron chi connectivity index (χ0n) is 16.0. The minimum Gasteiger partial charge on any atom is -0.350 e. The van der Waals surface area contributed by atoms with Crippen LogP contribution in [0.1, 0.15) is 35.2 Å². The molecule has 6 nitrogen and oxygen atoms in total. The summed E-state index contributed by atoms with van der Waals surface area (Å²) in [7, 11) is 1.93. The lowest BCUT2D eigenvalue weighted by Gasteiger charge is -2.27. The fourth-order valence-corrected chi connectivity index (χ4v) is 3.88. The fraction of sp³-hybridized carbons (Fsp3) is 0.286. The van der Waals surface area contributed by atoms with Crippen LogP contribution in [0.2, 0.25) is 5.02 Å². The average Bonchev–Trinajstić information content (AvgIpc) is 3.11. The summed E-state index contributed by atoms with van der Waals surface area (Å²) >= 11 is 6.13. The fourth-order valence-electron chi connectivity index (χ4n) is 3.66. The lowest BCUT2D eigenvalue weighted by Crippen LogP contribution is -2.35. The average molecular weight is 430 g/mol. The molecule has 1 aliphatic rings. The number of nitrogens with zero attached hydrogens (tertiary/aromatic N) is 4. The number of hydrogen-bond acceptors (Lipinski definition) is 4. The van der Waals surface area contributed by atoms with E-state index in [1.54, 1.807) is 24.4 Å². The molecule has 3 heterocycles. The maximum atomic E-state index is 13.1. The summed E-state index contributed by atoms with van der Waals surface area (Å²) in [5.41, 5.74) is 2.63. The largest absolute Gasteiger partial charge is 0.350 e. The third-order valence-electron chi connectivity index (χ3n) is 5.13. The van der Waals surface area contributed by atoms with Crippen LogP contribution in [0, 0.1) is 11.3 Å². The van der Waals surface area contributed by atoms with Crippen molar-refractivity contribution < 1.29 is 4.79 Å². The van der Waals surface area contributed by atoms with Crippen molar-refractivity contribution in [2.75, 3.05) is 18.4 Å². The van der Waals surface area contributed by atoms with Crippen LogP contribution in [0.3, 0.4) is 0 Å². The SMILES string of the molecule is Cl.Cn1ccc2c(Nc3ccc(C#N)c(Cl)c3)ncc(C(=O)N3CCCCC3)c21. The number of pyridine rings is 1. The van der Waals surface area contributed by atoms with E-state index in [9.17, 15) is 4.79 Å². The van der Waals surface area contributed by atoms with E-state index in [2.05, 4.69) is 10.3 Å². The summed E-state index contributed by atoms with van der Waals surface area (Å²) in [4.78, 5) is 19.5. The Kier molecular flexibility index (Phi) is 6.31. The number of piperidine rings is 1. The summed E-state index contributed by atoms with van der Waals surface area (Å²) < 4.78 is 1.95. The van der Waals surface area contributed by atoms with Crippen LogP contribution in [0.4, 0.5) is 11.5 Å².